The second kappa shape index (κ2) is 6.53. The van der Waals surface area contributed by atoms with Gasteiger partial charge in [-0.2, -0.15) is 0 Å². The summed E-state index contributed by atoms with van der Waals surface area (Å²) in [5.41, 5.74) is 0.481. The van der Waals surface area contributed by atoms with Crippen LogP contribution in [0.5, 0.6) is 0 Å². The predicted octanol–water partition coefficient (Wildman–Crippen LogP) is 1.31. The van der Waals surface area contributed by atoms with Crippen molar-refractivity contribution in [2.45, 2.75) is 31.6 Å². The van der Waals surface area contributed by atoms with E-state index in [4.69, 9.17) is 0 Å². The Morgan fingerprint density at radius 1 is 1.33 bits per heavy atom. The Morgan fingerprint density at radius 3 is 2.67 bits per heavy atom. The van der Waals surface area contributed by atoms with Crippen molar-refractivity contribution in [3.63, 3.8) is 0 Å². The van der Waals surface area contributed by atoms with Gasteiger partial charge in [0.1, 0.15) is 0 Å². The Hall–Kier alpha value is -2.05. The first-order chi connectivity index (χ1) is 12.8. The van der Waals surface area contributed by atoms with E-state index in [0.717, 1.165) is 17.8 Å². The van der Waals surface area contributed by atoms with Crippen molar-refractivity contribution >= 4 is 36.9 Å². The van der Waals surface area contributed by atoms with E-state index in [0.29, 0.717) is 28.0 Å². The number of fused-ring (bicyclic) bond motifs is 3. The summed E-state index contributed by atoms with van der Waals surface area (Å²) in [5.74, 6) is 3.16. The average Bonchev–Trinajstić information content (AvgIpc) is 3.06. The standard InChI is InChI=1S/C19H24N4O3Se/c1-19(2,17-20-8-13-14(27-3)5-4-6-23(13)17)21-16(24)15-11-7-12(15)10-22(9-11)18(25)26/h4-6,8,11-12,15H,7,9-10H2,1-3H3,(H,21,24)(H,25,26)/t11-,12+,15?. The van der Waals surface area contributed by atoms with Crippen LogP contribution in [0, 0.1) is 17.8 Å². The summed E-state index contributed by atoms with van der Waals surface area (Å²) in [6, 6.07) is 4.14. The number of carbonyl (C=O) groups excluding carboxylic acids is 1. The summed E-state index contributed by atoms with van der Waals surface area (Å²) in [7, 11) is 0. The van der Waals surface area contributed by atoms with E-state index in [1.807, 2.05) is 32.3 Å². The van der Waals surface area contributed by atoms with Gasteiger partial charge in [0.05, 0.1) is 0 Å². The number of rotatable bonds is 4. The number of aromatic nitrogens is 2. The Labute approximate surface area is 164 Å². The SMILES string of the molecule is C[Se]c1cccn2c(C(C)(C)NC(=O)C3[C@@H]4C[C@H]3CN(C(=O)O)C4)ncc12. The number of hydrogen-bond donors (Lipinski definition) is 2. The van der Waals surface area contributed by atoms with Gasteiger partial charge in [-0.05, 0) is 0 Å². The molecule has 0 aromatic carbocycles. The van der Waals surface area contributed by atoms with Gasteiger partial charge in [-0.25, -0.2) is 4.79 Å². The predicted molar refractivity (Wildman–Crippen MR) is 102 cm³/mol. The third-order valence-electron chi connectivity index (χ3n) is 5.85. The van der Waals surface area contributed by atoms with Crippen molar-refractivity contribution in [3.8, 4) is 0 Å². The molecule has 1 saturated carbocycles. The zero-order valence-electron chi connectivity index (χ0n) is 15.7. The molecule has 7 nitrogen and oxygen atoms in total. The third kappa shape index (κ3) is 3.01. The zero-order chi connectivity index (χ0) is 19.3. The number of amides is 2. The molecule has 4 rings (SSSR count). The maximum absolute atomic E-state index is 13.0. The van der Waals surface area contributed by atoms with Crippen LogP contribution in [0.25, 0.3) is 5.52 Å². The van der Waals surface area contributed by atoms with Crippen LogP contribution >= 0.6 is 0 Å². The van der Waals surface area contributed by atoms with Gasteiger partial charge in [0.25, 0.3) is 0 Å². The van der Waals surface area contributed by atoms with E-state index in [9.17, 15) is 14.7 Å². The number of carboxylic acid groups (broad SMARTS) is 1. The Balaban J connectivity index is 1.53. The second-order valence-corrected chi connectivity index (χ2v) is 9.78. The molecule has 1 aliphatic carbocycles. The van der Waals surface area contributed by atoms with Gasteiger partial charge in [0, 0.05) is 0 Å². The Kier molecular flexibility index (Phi) is 4.43. The summed E-state index contributed by atoms with van der Waals surface area (Å²) >= 11 is 0.368. The molecule has 2 aliphatic rings. The first-order valence-electron chi connectivity index (χ1n) is 9.12. The van der Waals surface area contributed by atoms with Crippen LogP contribution in [0.4, 0.5) is 4.79 Å². The minimum atomic E-state index is -0.888. The second-order valence-electron chi connectivity index (χ2n) is 8.00. The number of likely N-dealkylation sites (tertiary alicyclic amines) is 1. The van der Waals surface area contributed by atoms with Gasteiger partial charge in [-0.1, -0.05) is 0 Å². The maximum atomic E-state index is 13.0. The molecule has 0 spiro atoms. The fourth-order valence-corrected chi connectivity index (χ4v) is 5.76. The zero-order valence-corrected chi connectivity index (χ0v) is 17.4. The normalized spacial score (nSPS) is 24.6. The Bertz CT molecular complexity index is 897. The van der Waals surface area contributed by atoms with Crippen molar-refractivity contribution in [1.82, 2.24) is 19.6 Å². The molecule has 0 radical (unpaired) electrons. The third-order valence-corrected chi connectivity index (χ3v) is 7.50. The van der Waals surface area contributed by atoms with Crippen molar-refractivity contribution < 1.29 is 14.7 Å². The molecule has 2 aromatic rings. The number of nitrogens with zero attached hydrogens (tertiary/aromatic N) is 3. The molecule has 2 aromatic heterocycles. The quantitative estimate of drug-likeness (QED) is 0.710. The molecular formula is C19H24N4O3Se. The van der Waals surface area contributed by atoms with Gasteiger partial charge in [-0.15, -0.1) is 0 Å². The van der Waals surface area contributed by atoms with Crippen LogP contribution in [-0.4, -0.2) is 59.4 Å². The molecule has 27 heavy (non-hydrogen) atoms. The van der Waals surface area contributed by atoms with Crippen LogP contribution in [-0.2, 0) is 10.3 Å². The van der Waals surface area contributed by atoms with E-state index >= 15 is 0 Å². The summed E-state index contributed by atoms with van der Waals surface area (Å²) < 4.78 is 3.35. The van der Waals surface area contributed by atoms with Gasteiger partial charge in [-0.3, -0.25) is 0 Å². The van der Waals surface area contributed by atoms with Crippen molar-refractivity contribution in [3.05, 3.63) is 30.4 Å². The fourth-order valence-electron chi connectivity index (χ4n) is 4.55. The van der Waals surface area contributed by atoms with Crippen molar-refractivity contribution in [1.29, 1.82) is 0 Å². The molecule has 144 valence electrons. The summed E-state index contributed by atoms with van der Waals surface area (Å²) in [6.45, 7) is 4.86. The minimum absolute atomic E-state index is 0.0129. The molecule has 8 heteroatoms. The monoisotopic (exact) mass is 436 g/mol. The van der Waals surface area contributed by atoms with Gasteiger partial charge >= 0.3 is 154 Å². The van der Waals surface area contributed by atoms with E-state index in [-0.39, 0.29) is 23.7 Å². The molecule has 1 unspecified atom stereocenters. The Morgan fingerprint density at radius 2 is 2.04 bits per heavy atom. The van der Waals surface area contributed by atoms with Crippen molar-refractivity contribution in [2.24, 2.45) is 17.8 Å². The number of piperidine rings is 2. The van der Waals surface area contributed by atoms with E-state index in [1.165, 1.54) is 9.36 Å². The van der Waals surface area contributed by atoms with Gasteiger partial charge in [0.15, 0.2) is 0 Å². The number of hydrogen-bond acceptors (Lipinski definition) is 3. The molecule has 3 heterocycles. The molecule has 2 bridgehead atoms. The molecular weight excluding hydrogens is 411 g/mol. The van der Waals surface area contributed by atoms with Gasteiger partial charge in [0.2, 0.25) is 0 Å². The fraction of sp³-hybridized carbons (Fsp3) is 0.526. The van der Waals surface area contributed by atoms with Crippen LogP contribution in [0.15, 0.2) is 24.5 Å². The van der Waals surface area contributed by atoms with Crippen molar-refractivity contribution in [2.75, 3.05) is 13.1 Å². The topological polar surface area (TPSA) is 86.9 Å². The summed E-state index contributed by atoms with van der Waals surface area (Å²) in [6.07, 6.45) is 3.92. The van der Waals surface area contributed by atoms with Crippen LogP contribution in [0.3, 0.4) is 0 Å². The molecule has 1 saturated heterocycles. The number of nitrogens with one attached hydrogen (secondary N) is 1. The van der Waals surface area contributed by atoms with E-state index in [1.54, 1.807) is 0 Å². The summed E-state index contributed by atoms with van der Waals surface area (Å²) in [4.78, 5) is 30.2. The summed E-state index contributed by atoms with van der Waals surface area (Å²) in [5, 5.41) is 12.4. The van der Waals surface area contributed by atoms with E-state index in [2.05, 4.69) is 26.6 Å². The number of pyridine rings is 1. The number of imidazole rings is 1. The first kappa shape index (κ1) is 18.3. The average molecular weight is 435 g/mol. The number of carbonyl (C=O) groups is 2. The molecule has 1 aliphatic heterocycles. The molecule has 3 atom stereocenters. The molecule has 2 amide bonds. The van der Waals surface area contributed by atoms with Gasteiger partial charge < -0.3 is 5.11 Å². The molecule has 2 N–H and O–H groups in total. The van der Waals surface area contributed by atoms with Crippen LogP contribution in [0.1, 0.15) is 26.1 Å². The van der Waals surface area contributed by atoms with Crippen LogP contribution < -0.4 is 9.78 Å². The molecule has 2 fully saturated rings. The van der Waals surface area contributed by atoms with Crippen LogP contribution in [0.2, 0.25) is 5.82 Å². The van der Waals surface area contributed by atoms with E-state index < -0.39 is 11.6 Å². The first-order valence-corrected chi connectivity index (χ1v) is 11.7.